The number of hydrogen-bond donors (Lipinski definition) is 2. The van der Waals surface area contributed by atoms with E-state index < -0.39 is 33.7 Å². The number of benzene rings is 1. The highest BCUT2D eigenvalue weighted by Gasteiger charge is 2.35. The van der Waals surface area contributed by atoms with E-state index >= 15 is 0 Å². The van der Waals surface area contributed by atoms with Crippen LogP contribution >= 0.6 is 11.6 Å². The lowest BCUT2D eigenvalue weighted by Crippen LogP contribution is -2.42. The molecule has 0 radical (unpaired) electrons. The van der Waals surface area contributed by atoms with Crippen LogP contribution in [0.5, 0.6) is 0 Å². The number of halogens is 2. The van der Waals surface area contributed by atoms with E-state index in [0.717, 1.165) is 12.5 Å². The molecule has 1 amide bonds. The van der Waals surface area contributed by atoms with Crippen LogP contribution in [-0.2, 0) is 14.8 Å². The third kappa shape index (κ3) is 3.36. The van der Waals surface area contributed by atoms with Crippen LogP contribution in [0.25, 0.3) is 0 Å². The summed E-state index contributed by atoms with van der Waals surface area (Å²) in [6.07, 6.45) is 1.81. The molecule has 0 aliphatic heterocycles. The molecule has 1 aromatic rings. The fourth-order valence-electron chi connectivity index (χ4n) is 2.54. The molecule has 0 bridgehead atoms. The van der Waals surface area contributed by atoms with Crippen LogP contribution in [-0.4, -0.2) is 20.4 Å². The standard InChI is InChI=1S/C13H16ClFN2O3S/c1-7-5-12(9(14)6-10(7)15)21(19,20)17-11-4-2-3-8(11)13(16)18/h5-6,8,11,17H,2-4H2,1H3,(H2,16,18)/t8-,11-/m1/s1. The number of nitrogens with one attached hydrogen (secondary N) is 1. The summed E-state index contributed by atoms with van der Waals surface area (Å²) < 4.78 is 40.6. The van der Waals surface area contributed by atoms with Crippen LogP contribution in [0.15, 0.2) is 17.0 Å². The van der Waals surface area contributed by atoms with Gasteiger partial charge in [0.15, 0.2) is 0 Å². The smallest absolute Gasteiger partial charge is 0.242 e. The normalized spacial score (nSPS) is 22.4. The van der Waals surface area contributed by atoms with Crippen LogP contribution < -0.4 is 10.5 Å². The van der Waals surface area contributed by atoms with Gasteiger partial charge in [-0.05, 0) is 37.5 Å². The maximum Gasteiger partial charge on any atom is 0.242 e. The Hall–Kier alpha value is -1.18. The number of carbonyl (C=O) groups excluding carboxylic acids is 1. The molecule has 0 spiro atoms. The second kappa shape index (κ2) is 5.90. The van der Waals surface area contributed by atoms with Gasteiger partial charge in [0.1, 0.15) is 10.7 Å². The van der Waals surface area contributed by atoms with Gasteiger partial charge in [-0.1, -0.05) is 18.0 Å². The average molecular weight is 335 g/mol. The number of sulfonamides is 1. The van der Waals surface area contributed by atoms with Crippen molar-refractivity contribution in [3.63, 3.8) is 0 Å². The molecule has 3 N–H and O–H groups in total. The van der Waals surface area contributed by atoms with E-state index in [9.17, 15) is 17.6 Å². The summed E-state index contributed by atoms with van der Waals surface area (Å²) in [6, 6.07) is 1.59. The molecule has 0 saturated heterocycles. The molecule has 0 aromatic heterocycles. The topological polar surface area (TPSA) is 89.3 Å². The van der Waals surface area contributed by atoms with Crippen LogP contribution in [0.1, 0.15) is 24.8 Å². The number of nitrogens with two attached hydrogens (primary N) is 1. The van der Waals surface area contributed by atoms with Crippen molar-refractivity contribution < 1.29 is 17.6 Å². The summed E-state index contributed by atoms with van der Waals surface area (Å²) in [5, 5.41) is -0.195. The Bertz CT molecular complexity index is 678. The van der Waals surface area contributed by atoms with Gasteiger partial charge in [-0.3, -0.25) is 4.79 Å². The SMILES string of the molecule is Cc1cc(S(=O)(=O)N[C@@H]2CCC[C@H]2C(N)=O)c(Cl)cc1F. The van der Waals surface area contributed by atoms with E-state index in [4.69, 9.17) is 17.3 Å². The van der Waals surface area contributed by atoms with Crippen molar-refractivity contribution in [3.8, 4) is 0 Å². The second-order valence-corrected chi connectivity index (χ2v) is 7.29. The summed E-state index contributed by atoms with van der Waals surface area (Å²) in [4.78, 5) is 11.1. The molecule has 1 aromatic carbocycles. The predicted molar refractivity (Wildman–Crippen MR) is 76.8 cm³/mol. The zero-order chi connectivity index (χ0) is 15.8. The lowest BCUT2D eigenvalue weighted by Gasteiger charge is -2.19. The molecular weight excluding hydrogens is 319 g/mol. The lowest BCUT2D eigenvalue weighted by atomic mass is 10.0. The van der Waals surface area contributed by atoms with Crippen molar-refractivity contribution >= 4 is 27.5 Å². The molecule has 1 saturated carbocycles. The molecule has 116 valence electrons. The second-order valence-electron chi connectivity index (χ2n) is 5.20. The average Bonchev–Trinajstić information content (AvgIpc) is 2.81. The summed E-state index contributed by atoms with van der Waals surface area (Å²) in [5.74, 6) is -1.63. The highest BCUT2D eigenvalue weighted by atomic mass is 35.5. The van der Waals surface area contributed by atoms with E-state index in [0.29, 0.717) is 12.8 Å². The molecule has 1 aliphatic rings. The minimum Gasteiger partial charge on any atom is -0.369 e. The third-order valence-corrected chi connectivity index (χ3v) is 5.65. The Kier molecular flexibility index (Phi) is 4.55. The lowest BCUT2D eigenvalue weighted by molar-refractivity contribution is -0.122. The molecule has 21 heavy (non-hydrogen) atoms. The quantitative estimate of drug-likeness (QED) is 0.878. The van der Waals surface area contributed by atoms with Crippen molar-refractivity contribution in [1.82, 2.24) is 4.72 Å². The van der Waals surface area contributed by atoms with E-state index in [-0.39, 0.29) is 15.5 Å². The number of primary amides is 1. The van der Waals surface area contributed by atoms with Gasteiger partial charge in [-0.15, -0.1) is 0 Å². The van der Waals surface area contributed by atoms with Gasteiger partial charge in [0, 0.05) is 6.04 Å². The van der Waals surface area contributed by atoms with E-state index in [1.54, 1.807) is 0 Å². The van der Waals surface area contributed by atoms with Crippen LogP contribution in [0.2, 0.25) is 5.02 Å². The zero-order valence-corrected chi connectivity index (χ0v) is 13.0. The summed E-state index contributed by atoms with van der Waals surface area (Å²) in [5.41, 5.74) is 5.45. The molecule has 8 heteroatoms. The van der Waals surface area contributed by atoms with Gasteiger partial charge < -0.3 is 5.73 Å². The van der Waals surface area contributed by atoms with Crippen LogP contribution in [0.3, 0.4) is 0 Å². The fraction of sp³-hybridized carbons (Fsp3) is 0.462. The van der Waals surface area contributed by atoms with Gasteiger partial charge in [0.25, 0.3) is 0 Å². The van der Waals surface area contributed by atoms with Crippen molar-refractivity contribution in [1.29, 1.82) is 0 Å². The van der Waals surface area contributed by atoms with Gasteiger partial charge in [0.2, 0.25) is 15.9 Å². The number of carbonyl (C=O) groups is 1. The molecular formula is C13H16ClFN2O3S. The Morgan fingerprint density at radius 3 is 2.71 bits per heavy atom. The molecule has 0 heterocycles. The largest absolute Gasteiger partial charge is 0.369 e. The summed E-state index contributed by atoms with van der Waals surface area (Å²) >= 11 is 5.82. The van der Waals surface area contributed by atoms with Crippen LogP contribution in [0, 0.1) is 18.7 Å². The third-order valence-electron chi connectivity index (χ3n) is 3.69. The predicted octanol–water partition coefficient (Wildman–Crippen LogP) is 1.72. The monoisotopic (exact) mass is 334 g/mol. The highest BCUT2D eigenvalue weighted by Crippen LogP contribution is 2.29. The van der Waals surface area contributed by atoms with Crippen molar-refractivity contribution in [2.45, 2.75) is 37.1 Å². The maximum atomic E-state index is 13.4. The first kappa shape index (κ1) is 16.2. The van der Waals surface area contributed by atoms with Gasteiger partial charge in [-0.2, -0.15) is 0 Å². The first-order chi connectivity index (χ1) is 9.72. The molecule has 0 unspecified atom stereocenters. The Morgan fingerprint density at radius 2 is 2.10 bits per heavy atom. The molecule has 2 atom stereocenters. The molecule has 5 nitrogen and oxygen atoms in total. The molecule has 1 fully saturated rings. The number of hydrogen-bond acceptors (Lipinski definition) is 3. The van der Waals surface area contributed by atoms with Gasteiger partial charge in [0.05, 0.1) is 10.9 Å². The number of amides is 1. The van der Waals surface area contributed by atoms with E-state index in [1.165, 1.54) is 13.0 Å². The number of aryl methyl sites for hydroxylation is 1. The van der Waals surface area contributed by atoms with Crippen LogP contribution in [0.4, 0.5) is 4.39 Å². The highest BCUT2D eigenvalue weighted by molar-refractivity contribution is 7.89. The van der Waals surface area contributed by atoms with Gasteiger partial charge >= 0.3 is 0 Å². The Morgan fingerprint density at radius 1 is 1.43 bits per heavy atom. The minimum atomic E-state index is -3.94. The molecule has 1 aliphatic carbocycles. The summed E-state index contributed by atoms with van der Waals surface area (Å²) in [7, 11) is -3.94. The fourth-order valence-corrected chi connectivity index (χ4v) is 4.45. The summed E-state index contributed by atoms with van der Waals surface area (Å²) in [6.45, 7) is 1.45. The van der Waals surface area contributed by atoms with Crippen molar-refractivity contribution in [3.05, 3.63) is 28.5 Å². The van der Waals surface area contributed by atoms with Crippen molar-refractivity contribution in [2.75, 3.05) is 0 Å². The van der Waals surface area contributed by atoms with Crippen molar-refractivity contribution in [2.24, 2.45) is 11.7 Å². The van der Waals surface area contributed by atoms with E-state index in [1.807, 2.05) is 0 Å². The Balaban J connectivity index is 2.31. The van der Waals surface area contributed by atoms with Gasteiger partial charge in [-0.25, -0.2) is 17.5 Å². The molecule has 2 rings (SSSR count). The first-order valence-corrected chi connectivity index (χ1v) is 8.36. The van der Waals surface area contributed by atoms with E-state index in [2.05, 4.69) is 4.72 Å². The Labute approximate surface area is 127 Å². The zero-order valence-electron chi connectivity index (χ0n) is 11.4. The maximum absolute atomic E-state index is 13.4. The first-order valence-electron chi connectivity index (χ1n) is 6.49. The minimum absolute atomic E-state index is 0.178. The number of rotatable bonds is 4.